The maximum Gasteiger partial charge on any atom is 0.342 e. The van der Waals surface area contributed by atoms with E-state index in [4.69, 9.17) is 56.8 Å². The predicted molar refractivity (Wildman–Crippen MR) is 246 cm³/mol. The van der Waals surface area contributed by atoms with Crippen LogP contribution in [0, 0.1) is 11.8 Å². The predicted octanol–water partition coefficient (Wildman–Crippen LogP) is 5.12. The number of phenols is 1. The molecule has 3 aliphatic heterocycles. The second kappa shape index (κ2) is 27.0. The van der Waals surface area contributed by atoms with Gasteiger partial charge in [0, 0.05) is 45.3 Å². The molecule has 5 rings (SSSR count). The molecule has 19 nitrogen and oxygen atoms in total. The van der Waals surface area contributed by atoms with Gasteiger partial charge < -0.3 is 72.2 Å². The Balaban J connectivity index is 0.000000366. The topological polar surface area (TPSA) is 240 Å². The first kappa shape index (κ1) is 57.8. The monoisotopic (exact) mass is 976 g/mol. The van der Waals surface area contributed by atoms with E-state index in [1.165, 1.54) is 72.0 Å². The number of hydrogen-bond acceptors (Lipinski definition) is 19. The van der Waals surface area contributed by atoms with Crippen molar-refractivity contribution in [1.29, 1.82) is 0 Å². The number of ether oxygens (including phenoxy) is 12. The van der Waals surface area contributed by atoms with Gasteiger partial charge in [-0.2, -0.15) is 0 Å². The van der Waals surface area contributed by atoms with Crippen LogP contribution in [0.4, 0.5) is 4.70 Å². The average Bonchev–Trinajstić information content (AvgIpc) is 3.64. The highest BCUT2D eigenvalue weighted by Crippen LogP contribution is 2.36. The lowest BCUT2D eigenvalue weighted by Gasteiger charge is -2.24. The minimum absolute atomic E-state index is 0. The summed E-state index contributed by atoms with van der Waals surface area (Å²) in [5, 5.41) is 31.2. The molecule has 0 saturated carbocycles. The van der Waals surface area contributed by atoms with Crippen LogP contribution in [0.15, 0.2) is 60.7 Å². The molecule has 69 heavy (non-hydrogen) atoms. The Bertz CT molecular complexity index is 2170. The normalized spacial score (nSPS) is 29.0. The highest BCUT2D eigenvalue weighted by Gasteiger charge is 2.48. The zero-order valence-corrected chi connectivity index (χ0v) is 40.6. The molecule has 2 unspecified atom stereocenters. The van der Waals surface area contributed by atoms with Gasteiger partial charge in [-0.1, -0.05) is 50.3 Å². The molecule has 0 radical (unpaired) electrons. The van der Waals surface area contributed by atoms with E-state index in [2.05, 4.69) is 0 Å². The van der Waals surface area contributed by atoms with Gasteiger partial charge in [0.2, 0.25) is 0 Å². The van der Waals surface area contributed by atoms with Gasteiger partial charge in [0.05, 0.1) is 14.2 Å². The number of esters is 2. The smallest absolute Gasteiger partial charge is 0.342 e. The van der Waals surface area contributed by atoms with Crippen molar-refractivity contribution in [1.82, 2.24) is 0 Å². The molecule has 3 heterocycles. The van der Waals surface area contributed by atoms with Gasteiger partial charge in [-0.25, -0.2) is 9.59 Å². The number of phenolic OH excluding ortho intramolecular Hbond substituents is 1. The van der Waals surface area contributed by atoms with Crippen molar-refractivity contribution in [2.24, 2.45) is 11.8 Å². The van der Waals surface area contributed by atoms with Crippen LogP contribution in [0.5, 0.6) is 23.0 Å². The van der Waals surface area contributed by atoms with Crippen LogP contribution >= 0.6 is 0 Å². The van der Waals surface area contributed by atoms with Crippen LogP contribution in [0.3, 0.4) is 0 Å². The van der Waals surface area contributed by atoms with E-state index in [1.807, 2.05) is 6.92 Å². The number of hydrogen-bond donors (Lipinski definition) is 3. The molecular weight excluding hydrogens is 912 g/mol. The highest BCUT2D eigenvalue weighted by atomic mass is 19.0. The fourth-order valence-corrected chi connectivity index (χ4v) is 6.89. The summed E-state index contributed by atoms with van der Waals surface area (Å²) in [6, 6.07) is 6.04. The lowest BCUT2D eigenvalue weighted by Crippen LogP contribution is -2.42. The number of methoxy groups -OCH3 is 5. The Hall–Kier alpha value is -5.55. The molecule has 3 aliphatic rings. The Labute approximate surface area is 400 Å². The van der Waals surface area contributed by atoms with Crippen LogP contribution in [-0.4, -0.2) is 149 Å². The summed E-state index contributed by atoms with van der Waals surface area (Å²) in [5.74, 6) is -3.44. The third kappa shape index (κ3) is 15.7. The molecule has 2 aromatic carbocycles. The summed E-state index contributed by atoms with van der Waals surface area (Å²) in [5.41, 5.74) is 0.772. The van der Waals surface area contributed by atoms with Gasteiger partial charge in [-0.15, -0.1) is 0 Å². The van der Waals surface area contributed by atoms with Crippen molar-refractivity contribution < 1.29 is 96.0 Å². The molecule has 0 bridgehead atoms. The van der Waals surface area contributed by atoms with E-state index in [9.17, 15) is 34.5 Å². The number of carbonyl (C=O) groups is 4. The third-order valence-corrected chi connectivity index (χ3v) is 11.0. The van der Waals surface area contributed by atoms with Crippen molar-refractivity contribution in [2.75, 3.05) is 55.9 Å². The van der Waals surface area contributed by atoms with E-state index in [-0.39, 0.29) is 76.6 Å². The second-order valence-corrected chi connectivity index (χ2v) is 16.5. The number of cyclic esters (lactones) is 2. The van der Waals surface area contributed by atoms with Crippen molar-refractivity contribution >= 4 is 35.7 Å². The number of aromatic hydroxyl groups is 1. The molecule has 3 N–H and O–H groups in total. The van der Waals surface area contributed by atoms with Crippen molar-refractivity contribution in [3.05, 3.63) is 83.0 Å². The summed E-state index contributed by atoms with van der Waals surface area (Å²) >= 11 is 0. The molecule has 10 atom stereocenters. The van der Waals surface area contributed by atoms with Crippen molar-refractivity contribution in [2.45, 2.75) is 96.2 Å². The largest absolute Gasteiger partial charge is 0.507 e. The summed E-state index contributed by atoms with van der Waals surface area (Å²) in [4.78, 5) is 51.6. The minimum Gasteiger partial charge on any atom is -0.507 e. The summed E-state index contributed by atoms with van der Waals surface area (Å²) in [6.07, 6.45) is 3.64. The number of halogens is 1. The van der Waals surface area contributed by atoms with Gasteiger partial charge in [0.25, 0.3) is 0 Å². The number of aliphatic hydroxyl groups is 2. The van der Waals surface area contributed by atoms with Crippen LogP contribution in [0.2, 0.25) is 0 Å². The van der Waals surface area contributed by atoms with E-state index in [1.54, 1.807) is 65.0 Å². The molecule has 0 aromatic heterocycles. The molecular formula is C49H65FO19. The Morgan fingerprint density at radius 2 is 1.10 bits per heavy atom. The number of ketones is 2. The number of fused-ring (bicyclic) bond motifs is 3. The van der Waals surface area contributed by atoms with Gasteiger partial charge in [-0.3, -0.25) is 14.3 Å². The minimum atomic E-state index is -1.76. The van der Waals surface area contributed by atoms with E-state index in [0.29, 0.717) is 11.3 Å². The van der Waals surface area contributed by atoms with E-state index in [0.717, 1.165) is 6.08 Å². The number of carbonyl (C=O) groups excluding carboxylic acids is 4. The Morgan fingerprint density at radius 3 is 1.65 bits per heavy atom. The molecule has 1 fully saturated rings. The summed E-state index contributed by atoms with van der Waals surface area (Å²) < 4.78 is 65.9. The lowest BCUT2D eigenvalue weighted by atomic mass is 9.98. The first-order chi connectivity index (χ1) is 32.3. The maximum atomic E-state index is 13.4. The standard InChI is InChI=1S/C27H36O10.C22H28O9.FH/c1-16-8-10-20(28)24-25(37-27(3,4)36-24)21(33-14-30-5)11-9-18-12-19(32-7)13-22(34-15-31-6)23(18)26(29)35-17(16)2;1-12-5-7-16(23)20(25)21(26)18(30-11-28-3)8-6-14-9-15(29-4)10-17(24)19(14)22(27)31-13(12)2;/h8-13,16-17,21,24-25H,14-15H2,1-7H3;5-10,12-13,18,20-21,24-26H,11H2,1-4H3;1H/b10-8-,11-9+;7-5-,8-6+;/t16-,17+,21?,24-,25+;12-,13+,18?,20-,21+;/m11./s1. The second-order valence-electron chi connectivity index (χ2n) is 16.5. The maximum absolute atomic E-state index is 13.4. The quantitative estimate of drug-likeness (QED) is 0.196. The zero-order chi connectivity index (χ0) is 50.3. The molecule has 0 amide bonds. The zero-order valence-electron chi connectivity index (χ0n) is 40.6. The molecule has 2 aromatic rings. The number of rotatable bonds is 11. The van der Waals surface area contributed by atoms with Crippen LogP contribution in [0.25, 0.3) is 12.2 Å². The number of benzene rings is 2. The van der Waals surface area contributed by atoms with Crippen LogP contribution < -0.4 is 14.2 Å². The van der Waals surface area contributed by atoms with Crippen molar-refractivity contribution in [3.8, 4) is 23.0 Å². The van der Waals surface area contributed by atoms with Gasteiger partial charge in [-0.05, 0) is 63.1 Å². The molecule has 1 saturated heterocycles. The third-order valence-electron chi connectivity index (χ3n) is 11.0. The summed E-state index contributed by atoms with van der Waals surface area (Å²) in [7, 11) is 7.26. The molecule has 382 valence electrons. The average molecular weight is 977 g/mol. The Kier molecular flexibility index (Phi) is 22.6. The highest BCUT2D eigenvalue weighted by molar-refractivity contribution is 5.98. The van der Waals surface area contributed by atoms with Gasteiger partial charge in [0.1, 0.15) is 90.4 Å². The Morgan fingerprint density at radius 1 is 0.609 bits per heavy atom. The fourth-order valence-electron chi connectivity index (χ4n) is 6.89. The van der Waals surface area contributed by atoms with E-state index >= 15 is 0 Å². The SMILES string of the molecule is COCOC1/C=C/c2cc(OC)cc(O)c2C(=O)O[C@@H](C)[C@H](C)/C=C\C(=O)[C@@H](O)[C@H]1O.COCOc1cc(OC)cc2c1C(=O)O[C@@H](C)[C@H](C)/C=C\C(=O)[C@H]1OC(C)(C)O[C@H]1C(OCOC)/C=C/2.F. The van der Waals surface area contributed by atoms with Crippen molar-refractivity contribution in [3.63, 3.8) is 0 Å². The molecule has 0 aliphatic carbocycles. The molecule has 20 heteroatoms. The van der Waals surface area contributed by atoms with E-state index < -0.39 is 72.3 Å². The lowest BCUT2D eigenvalue weighted by molar-refractivity contribution is -0.164. The first-order valence-electron chi connectivity index (χ1n) is 21.7. The van der Waals surface area contributed by atoms with Gasteiger partial charge >= 0.3 is 11.9 Å². The molecule has 0 spiro atoms. The number of aliphatic hydroxyl groups excluding tert-OH is 2. The van der Waals surface area contributed by atoms with Crippen LogP contribution in [-0.2, 0) is 52.2 Å². The fraction of sp³-hybridized carbons (Fsp3) is 0.510. The first-order valence-corrected chi connectivity index (χ1v) is 21.7. The van der Waals surface area contributed by atoms with Gasteiger partial charge in [0.15, 0.2) is 30.3 Å². The van der Waals surface area contributed by atoms with Crippen LogP contribution in [0.1, 0.15) is 73.4 Å². The summed E-state index contributed by atoms with van der Waals surface area (Å²) in [6.45, 7) is 10.1.